The van der Waals surface area contributed by atoms with Crippen molar-refractivity contribution >= 4 is 11.6 Å². The molecule has 0 spiro atoms. The van der Waals surface area contributed by atoms with Crippen LogP contribution in [0, 0.1) is 0 Å². The predicted octanol–water partition coefficient (Wildman–Crippen LogP) is 4.27. The van der Waals surface area contributed by atoms with Crippen molar-refractivity contribution in [2.45, 2.75) is 39.0 Å². The Morgan fingerprint density at radius 2 is 1.61 bits per heavy atom. The summed E-state index contributed by atoms with van der Waals surface area (Å²) < 4.78 is 5.47. The number of amides is 1. The first-order valence-electron chi connectivity index (χ1n) is 10.1. The van der Waals surface area contributed by atoms with E-state index < -0.39 is 0 Å². The second-order valence-electron chi connectivity index (χ2n) is 8.49. The number of aryl methyl sites for hydroxylation is 1. The molecule has 0 N–H and O–H groups in total. The molecule has 2 aromatic rings. The van der Waals surface area contributed by atoms with Crippen molar-refractivity contribution in [3.05, 3.63) is 59.7 Å². The first-order chi connectivity index (χ1) is 13.4. The zero-order valence-corrected chi connectivity index (χ0v) is 17.6. The lowest BCUT2D eigenvalue weighted by atomic mass is 9.86. The van der Waals surface area contributed by atoms with Gasteiger partial charge in [-0.1, -0.05) is 57.2 Å². The van der Waals surface area contributed by atoms with Crippen LogP contribution in [-0.4, -0.2) is 44.1 Å². The third kappa shape index (κ3) is 4.86. The fraction of sp³-hybridized carbons (Fsp3) is 0.458. The Balaban J connectivity index is 1.50. The summed E-state index contributed by atoms with van der Waals surface area (Å²) in [5.41, 5.74) is 3.83. The topological polar surface area (TPSA) is 32.8 Å². The van der Waals surface area contributed by atoms with Gasteiger partial charge in [-0.2, -0.15) is 0 Å². The quantitative estimate of drug-likeness (QED) is 0.776. The predicted molar refractivity (Wildman–Crippen MR) is 115 cm³/mol. The summed E-state index contributed by atoms with van der Waals surface area (Å²) in [6, 6.07) is 16.8. The molecule has 1 amide bonds. The molecule has 1 saturated heterocycles. The van der Waals surface area contributed by atoms with E-state index in [1.165, 1.54) is 11.1 Å². The highest BCUT2D eigenvalue weighted by molar-refractivity contribution is 5.77. The van der Waals surface area contributed by atoms with Crippen molar-refractivity contribution in [1.29, 1.82) is 0 Å². The average Bonchev–Trinajstić information content (AvgIpc) is 2.71. The Kier molecular flexibility index (Phi) is 6.28. The first-order valence-corrected chi connectivity index (χ1v) is 10.1. The molecule has 0 radical (unpaired) electrons. The Bertz CT molecular complexity index is 785. The second-order valence-corrected chi connectivity index (χ2v) is 8.49. The Morgan fingerprint density at radius 1 is 0.964 bits per heavy atom. The zero-order chi connectivity index (χ0) is 20.1. The number of ether oxygens (including phenoxy) is 1. The van der Waals surface area contributed by atoms with Crippen LogP contribution in [0.1, 0.15) is 38.3 Å². The van der Waals surface area contributed by atoms with Crippen molar-refractivity contribution in [2.75, 3.05) is 38.2 Å². The fourth-order valence-electron chi connectivity index (χ4n) is 3.67. The summed E-state index contributed by atoms with van der Waals surface area (Å²) in [5.74, 6) is 1.14. The van der Waals surface area contributed by atoms with Crippen LogP contribution in [0.2, 0.25) is 0 Å². The van der Waals surface area contributed by atoms with Gasteiger partial charge >= 0.3 is 0 Å². The Hall–Kier alpha value is -2.49. The minimum Gasteiger partial charge on any atom is -0.495 e. The number of carbonyl (C=O) groups excluding carboxylic acids is 1. The van der Waals surface area contributed by atoms with Crippen LogP contribution >= 0.6 is 0 Å². The van der Waals surface area contributed by atoms with Crippen molar-refractivity contribution in [1.82, 2.24) is 4.90 Å². The number of piperazine rings is 1. The average molecular weight is 381 g/mol. The number of anilines is 1. The molecule has 2 aromatic carbocycles. The fourth-order valence-corrected chi connectivity index (χ4v) is 3.67. The van der Waals surface area contributed by atoms with Gasteiger partial charge in [0.2, 0.25) is 5.91 Å². The summed E-state index contributed by atoms with van der Waals surface area (Å²) in [4.78, 5) is 16.9. The normalized spacial score (nSPS) is 14.9. The lowest BCUT2D eigenvalue weighted by Crippen LogP contribution is -2.48. The summed E-state index contributed by atoms with van der Waals surface area (Å²) in [6.07, 6.45) is 1.37. The first kappa shape index (κ1) is 20.2. The molecule has 150 valence electrons. The lowest BCUT2D eigenvalue weighted by Gasteiger charge is -2.36. The van der Waals surface area contributed by atoms with Crippen molar-refractivity contribution in [3.63, 3.8) is 0 Å². The van der Waals surface area contributed by atoms with Gasteiger partial charge < -0.3 is 14.5 Å². The van der Waals surface area contributed by atoms with E-state index in [-0.39, 0.29) is 11.3 Å². The maximum absolute atomic E-state index is 12.6. The molecule has 4 nitrogen and oxygen atoms in total. The second kappa shape index (κ2) is 8.68. The van der Waals surface area contributed by atoms with E-state index in [4.69, 9.17) is 4.74 Å². The molecule has 1 aliphatic heterocycles. The van der Waals surface area contributed by atoms with Gasteiger partial charge in [0.15, 0.2) is 0 Å². The minimum atomic E-state index is 0.162. The van der Waals surface area contributed by atoms with Gasteiger partial charge in [-0.3, -0.25) is 4.79 Å². The number of nitrogens with zero attached hydrogens (tertiary/aromatic N) is 2. The molecule has 0 bridgehead atoms. The highest BCUT2D eigenvalue weighted by atomic mass is 16.5. The molecular weight excluding hydrogens is 348 g/mol. The number of hydrogen-bond donors (Lipinski definition) is 0. The van der Waals surface area contributed by atoms with Crippen LogP contribution < -0.4 is 9.64 Å². The van der Waals surface area contributed by atoms with Crippen LogP contribution in [0.4, 0.5) is 5.69 Å². The molecule has 4 heteroatoms. The van der Waals surface area contributed by atoms with Gasteiger partial charge in [-0.15, -0.1) is 0 Å². The monoisotopic (exact) mass is 380 g/mol. The molecular formula is C24H32N2O2. The van der Waals surface area contributed by atoms with Crippen LogP contribution in [0.25, 0.3) is 0 Å². The molecule has 1 heterocycles. The van der Waals surface area contributed by atoms with E-state index in [1.807, 2.05) is 23.1 Å². The summed E-state index contributed by atoms with van der Waals surface area (Å²) in [7, 11) is 1.70. The van der Waals surface area contributed by atoms with E-state index in [1.54, 1.807) is 7.11 Å². The van der Waals surface area contributed by atoms with Crippen LogP contribution in [-0.2, 0) is 16.6 Å². The molecule has 0 aromatic heterocycles. The van der Waals surface area contributed by atoms with Crippen LogP contribution in [0.3, 0.4) is 0 Å². The number of para-hydroxylation sites is 2. The van der Waals surface area contributed by atoms with Gasteiger partial charge in [0.1, 0.15) is 5.75 Å². The summed E-state index contributed by atoms with van der Waals surface area (Å²) in [6.45, 7) is 9.86. The van der Waals surface area contributed by atoms with Crippen molar-refractivity contribution in [2.24, 2.45) is 0 Å². The van der Waals surface area contributed by atoms with Gasteiger partial charge in [-0.05, 0) is 35.1 Å². The van der Waals surface area contributed by atoms with Gasteiger partial charge in [0.05, 0.1) is 12.8 Å². The Labute approximate surface area is 169 Å². The number of rotatable bonds is 5. The summed E-state index contributed by atoms with van der Waals surface area (Å²) >= 11 is 0. The molecule has 0 aliphatic carbocycles. The van der Waals surface area contributed by atoms with E-state index in [0.717, 1.165) is 44.0 Å². The largest absolute Gasteiger partial charge is 0.495 e. The van der Waals surface area contributed by atoms with Crippen LogP contribution in [0.5, 0.6) is 5.75 Å². The smallest absolute Gasteiger partial charge is 0.223 e. The highest BCUT2D eigenvalue weighted by Crippen LogP contribution is 2.28. The maximum atomic E-state index is 12.6. The lowest BCUT2D eigenvalue weighted by molar-refractivity contribution is -0.131. The van der Waals surface area contributed by atoms with E-state index in [2.05, 4.69) is 56.0 Å². The van der Waals surface area contributed by atoms with Crippen molar-refractivity contribution < 1.29 is 9.53 Å². The van der Waals surface area contributed by atoms with Crippen LogP contribution in [0.15, 0.2) is 48.5 Å². The van der Waals surface area contributed by atoms with Gasteiger partial charge in [0.25, 0.3) is 0 Å². The molecule has 3 rings (SSSR count). The molecule has 28 heavy (non-hydrogen) atoms. The van der Waals surface area contributed by atoms with Gasteiger partial charge in [-0.25, -0.2) is 0 Å². The number of benzene rings is 2. The number of carbonyl (C=O) groups is 1. The molecule has 0 saturated carbocycles. The number of methoxy groups -OCH3 is 1. The van der Waals surface area contributed by atoms with E-state index in [9.17, 15) is 4.79 Å². The maximum Gasteiger partial charge on any atom is 0.223 e. The highest BCUT2D eigenvalue weighted by Gasteiger charge is 2.22. The third-order valence-corrected chi connectivity index (χ3v) is 5.51. The molecule has 1 aliphatic rings. The number of hydrogen-bond acceptors (Lipinski definition) is 3. The molecule has 0 unspecified atom stereocenters. The van der Waals surface area contributed by atoms with Crippen molar-refractivity contribution in [3.8, 4) is 5.75 Å². The van der Waals surface area contributed by atoms with E-state index >= 15 is 0 Å². The van der Waals surface area contributed by atoms with E-state index in [0.29, 0.717) is 6.42 Å². The zero-order valence-electron chi connectivity index (χ0n) is 17.6. The SMILES string of the molecule is COc1ccccc1N1CCN(C(=O)CCc2ccc(C(C)(C)C)cc2)CC1. The summed E-state index contributed by atoms with van der Waals surface area (Å²) in [5, 5.41) is 0. The van der Waals surface area contributed by atoms with Gasteiger partial charge in [0, 0.05) is 32.6 Å². The standard InChI is InChI=1S/C24H32N2O2/c1-24(2,3)20-12-9-19(10-13-20)11-14-23(27)26-17-15-25(16-18-26)21-7-5-6-8-22(21)28-4/h5-10,12-13H,11,14-18H2,1-4H3. The molecule has 0 atom stereocenters. The molecule has 1 fully saturated rings. The Morgan fingerprint density at radius 3 is 2.21 bits per heavy atom. The minimum absolute atomic E-state index is 0.162. The third-order valence-electron chi connectivity index (χ3n) is 5.51.